The van der Waals surface area contributed by atoms with E-state index in [2.05, 4.69) is 16.1 Å². The second-order valence-electron chi connectivity index (χ2n) is 7.71. The van der Waals surface area contributed by atoms with Crippen LogP contribution in [-0.4, -0.2) is 58.9 Å². The summed E-state index contributed by atoms with van der Waals surface area (Å²) >= 11 is 1.37. The van der Waals surface area contributed by atoms with Crippen LogP contribution in [0.4, 0.5) is 5.82 Å². The molecule has 5 rings (SSSR count). The molecule has 0 N–H and O–H groups in total. The molecule has 3 aromatic heterocycles. The first-order valence-corrected chi connectivity index (χ1v) is 11.9. The standard InChI is InChI=1S/C22H27N5O3S/c1-31-30-15-16-14-19(26-9-12-28-13-10-26)25-21-17(16)5-7-23-22(21)18-6-8-24-27(18)20-4-2-3-11-29-20/h5-8,14,20H,2-4,9-13,15H2,1H3. The molecule has 0 radical (unpaired) electrons. The summed E-state index contributed by atoms with van der Waals surface area (Å²) in [6.45, 7) is 4.34. The van der Waals surface area contributed by atoms with Gasteiger partial charge in [-0.15, -0.1) is 0 Å². The van der Waals surface area contributed by atoms with Gasteiger partial charge in [-0.25, -0.2) is 9.67 Å². The van der Waals surface area contributed by atoms with E-state index in [4.69, 9.17) is 23.6 Å². The van der Waals surface area contributed by atoms with Gasteiger partial charge >= 0.3 is 0 Å². The van der Waals surface area contributed by atoms with Crippen molar-refractivity contribution in [1.29, 1.82) is 0 Å². The van der Waals surface area contributed by atoms with Crippen molar-refractivity contribution in [3.05, 3.63) is 36.2 Å². The van der Waals surface area contributed by atoms with Crippen LogP contribution in [0, 0.1) is 0 Å². The first-order chi connectivity index (χ1) is 15.3. The topological polar surface area (TPSA) is 74.5 Å². The Bertz CT molecular complexity index is 1030. The largest absolute Gasteiger partial charge is 0.378 e. The lowest BCUT2D eigenvalue weighted by Crippen LogP contribution is -2.36. The minimum atomic E-state index is -0.0578. The Morgan fingerprint density at radius 3 is 2.87 bits per heavy atom. The lowest BCUT2D eigenvalue weighted by molar-refractivity contribution is -0.0383. The second kappa shape index (κ2) is 9.52. The normalized spacial score (nSPS) is 19.8. The van der Waals surface area contributed by atoms with E-state index in [1.54, 1.807) is 0 Å². The fourth-order valence-corrected chi connectivity index (χ4v) is 4.48. The lowest BCUT2D eigenvalue weighted by Gasteiger charge is -2.28. The monoisotopic (exact) mass is 441 g/mol. The molecule has 0 saturated carbocycles. The van der Waals surface area contributed by atoms with Gasteiger partial charge in [0, 0.05) is 43.7 Å². The molecule has 2 saturated heterocycles. The molecule has 9 heteroatoms. The van der Waals surface area contributed by atoms with E-state index in [-0.39, 0.29) is 6.23 Å². The van der Waals surface area contributed by atoms with Crippen LogP contribution in [0.3, 0.4) is 0 Å². The number of rotatable bonds is 6. The highest BCUT2D eigenvalue weighted by Crippen LogP contribution is 2.33. The summed E-state index contributed by atoms with van der Waals surface area (Å²) in [5.41, 5.74) is 3.72. The van der Waals surface area contributed by atoms with E-state index >= 15 is 0 Å². The molecule has 2 aliphatic heterocycles. The number of hydrogen-bond acceptors (Lipinski definition) is 8. The van der Waals surface area contributed by atoms with Crippen molar-refractivity contribution in [2.24, 2.45) is 0 Å². The van der Waals surface area contributed by atoms with Crippen molar-refractivity contribution in [1.82, 2.24) is 19.7 Å². The molecule has 31 heavy (non-hydrogen) atoms. The first kappa shape index (κ1) is 20.7. The number of hydrogen-bond donors (Lipinski definition) is 0. The quantitative estimate of drug-likeness (QED) is 0.535. The van der Waals surface area contributed by atoms with E-state index in [1.807, 2.05) is 35.5 Å². The lowest BCUT2D eigenvalue weighted by atomic mass is 10.1. The summed E-state index contributed by atoms with van der Waals surface area (Å²) in [7, 11) is 0. The number of nitrogens with zero attached hydrogens (tertiary/aromatic N) is 5. The summed E-state index contributed by atoms with van der Waals surface area (Å²) in [6, 6.07) is 6.15. The van der Waals surface area contributed by atoms with Crippen molar-refractivity contribution in [2.75, 3.05) is 44.1 Å². The smallest absolute Gasteiger partial charge is 0.150 e. The van der Waals surface area contributed by atoms with Crippen LogP contribution >= 0.6 is 12.0 Å². The van der Waals surface area contributed by atoms with E-state index in [0.29, 0.717) is 19.8 Å². The van der Waals surface area contributed by atoms with Crippen LogP contribution < -0.4 is 4.90 Å². The maximum absolute atomic E-state index is 6.00. The van der Waals surface area contributed by atoms with Crippen LogP contribution in [-0.2, 0) is 20.3 Å². The minimum Gasteiger partial charge on any atom is -0.378 e. The molecule has 3 aromatic rings. The molecule has 8 nitrogen and oxygen atoms in total. The summed E-state index contributed by atoms with van der Waals surface area (Å²) in [4.78, 5) is 12.1. The third-order valence-electron chi connectivity index (χ3n) is 5.81. The van der Waals surface area contributed by atoms with E-state index in [0.717, 1.165) is 72.6 Å². The molecular formula is C22H27N5O3S. The summed E-state index contributed by atoms with van der Waals surface area (Å²) in [5.74, 6) is 0.935. The molecule has 2 fully saturated rings. The van der Waals surface area contributed by atoms with Crippen LogP contribution in [0.25, 0.3) is 22.3 Å². The molecule has 0 aliphatic carbocycles. The van der Waals surface area contributed by atoms with Crippen molar-refractivity contribution >= 4 is 28.8 Å². The van der Waals surface area contributed by atoms with Crippen molar-refractivity contribution in [2.45, 2.75) is 32.1 Å². The minimum absolute atomic E-state index is 0.0578. The highest BCUT2D eigenvalue weighted by Gasteiger charge is 2.23. The van der Waals surface area contributed by atoms with Crippen LogP contribution in [0.15, 0.2) is 30.6 Å². The number of morpholine rings is 1. The Hall–Kier alpha value is -2.20. The van der Waals surface area contributed by atoms with Crippen LogP contribution in [0.2, 0.25) is 0 Å². The van der Waals surface area contributed by atoms with Gasteiger partial charge in [0.1, 0.15) is 17.0 Å². The molecule has 0 spiro atoms. The second-order valence-corrected chi connectivity index (χ2v) is 8.27. The zero-order valence-corrected chi connectivity index (χ0v) is 18.5. The number of fused-ring (bicyclic) bond motifs is 1. The SMILES string of the molecule is CSOCc1cc(N2CCOCC2)nc2c(-c3ccnn3C3CCCCO3)nccc12. The highest BCUT2D eigenvalue weighted by atomic mass is 32.2. The van der Waals surface area contributed by atoms with Crippen molar-refractivity contribution in [3.8, 4) is 11.4 Å². The fraction of sp³-hybridized carbons (Fsp3) is 0.500. The molecule has 2 aliphatic rings. The summed E-state index contributed by atoms with van der Waals surface area (Å²) in [5, 5.41) is 5.63. The van der Waals surface area contributed by atoms with E-state index < -0.39 is 0 Å². The zero-order chi connectivity index (χ0) is 21.0. The molecule has 1 unspecified atom stereocenters. The molecule has 0 bridgehead atoms. The maximum atomic E-state index is 6.00. The van der Waals surface area contributed by atoms with Crippen molar-refractivity contribution in [3.63, 3.8) is 0 Å². The molecular weight excluding hydrogens is 414 g/mol. The predicted octanol–water partition coefficient (Wildman–Crippen LogP) is 3.82. The van der Waals surface area contributed by atoms with Gasteiger partial charge in [-0.1, -0.05) is 0 Å². The summed E-state index contributed by atoms with van der Waals surface area (Å²) in [6.07, 6.45) is 8.73. The van der Waals surface area contributed by atoms with Crippen molar-refractivity contribution < 1.29 is 13.7 Å². The zero-order valence-electron chi connectivity index (χ0n) is 17.7. The van der Waals surface area contributed by atoms with Gasteiger partial charge in [-0.05, 0) is 55.1 Å². The van der Waals surface area contributed by atoms with Gasteiger partial charge in [-0.2, -0.15) is 5.10 Å². The molecule has 1 atom stereocenters. The first-order valence-electron chi connectivity index (χ1n) is 10.8. The van der Waals surface area contributed by atoms with Gasteiger partial charge < -0.3 is 18.6 Å². The van der Waals surface area contributed by atoms with E-state index in [9.17, 15) is 0 Å². The van der Waals surface area contributed by atoms with Crippen LogP contribution in [0.5, 0.6) is 0 Å². The van der Waals surface area contributed by atoms with Crippen LogP contribution in [0.1, 0.15) is 31.1 Å². The Morgan fingerprint density at radius 2 is 2.06 bits per heavy atom. The molecule has 0 amide bonds. The third-order valence-corrected chi connectivity index (χ3v) is 6.16. The average Bonchev–Trinajstić information content (AvgIpc) is 3.33. The van der Waals surface area contributed by atoms with Gasteiger partial charge in [0.25, 0.3) is 0 Å². The molecule has 0 aromatic carbocycles. The number of ether oxygens (including phenoxy) is 2. The Morgan fingerprint density at radius 1 is 1.16 bits per heavy atom. The molecule has 164 valence electrons. The number of aromatic nitrogens is 4. The third kappa shape index (κ3) is 4.27. The van der Waals surface area contributed by atoms with E-state index in [1.165, 1.54) is 12.0 Å². The summed E-state index contributed by atoms with van der Waals surface area (Å²) < 4.78 is 19.2. The molecule has 5 heterocycles. The Kier molecular flexibility index (Phi) is 6.35. The maximum Gasteiger partial charge on any atom is 0.150 e. The fourth-order valence-electron chi connectivity index (χ4n) is 4.24. The van der Waals surface area contributed by atoms with Gasteiger partial charge in [0.05, 0.1) is 25.5 Å². The number of pyridine rings is 2. The van der Waals surface area contributed by atoms with Gasteiger partial charge in [0.2, 0.25) is 0 Å². The van der Waals surface area contributed by atoms with Gasteiger partial charge in [0.15, 0.2) is 6.23 Å². The predicted molar refractivity (Wildman–Crippen MR) is 121 cm³/mol. The Labute approximate surface area is 186 Å². The number of anilines is 1. The van der Waals surface area contributed by atoms with Gasteiger partial charge in [-0.3, -0.25) is 4.98 Å². The Balaban J connectivity index is 1.63. The highest BCUT2D eigenvalue weighted by molar-refractivity contribution is 7.93. The average molecular weight is 442 g/mol.